The molecule has 1 aromatic carbocycles. The number of halogens is 1. The number of carbonyl (C=O) groups is 1. The van der Waals surface area contributed by atoms with Gasteiger partial charge in [0, 0.05) is 37.3 Å². The molecule has 0 unspecified atom stereocenters. The van der Waals surface area contributed by atoms with E-state index in [2.05, 4.69) is 5.32 Å². The number of nitrogens with one attached hydrogen (secondary N) is 1. The minimum atomic E-state index is -0.584. The van der Waals surface area contributed by atoms with E-state index >= 15 is 0 Å². The highest BCUT2D eigenvalue weighted by atomic mass is 35.5. The standard InChI is InChI=1S/C12H14ClN3O3/c1-8-7-15(5-4-14-8)12(17)9-2-3-10(13)11(6-9)16(18)19/h2-3,6,8,14H,4-5,7H2,1H3/t8-/m0/s1. The first-order valence-corrected chi connectivity index (χ1v) is 6.33. The molecule has 1 atom stereocenters. The van der Waals surface area contributed by atoms with Gasteiger partial charge in [0.15, 0.2) is 0 Å². The van der Waals surface area contributed by atoms with Crippen LogP contribution in [0.15, 0.2) is 18.2 Å². The molecule has 1 heterocycles. The van der Waals surface area contributed by atoms with E-state index in [1.807, 2.05) is 6.92 Å². The molecule has 102 valence electrons. The lowest BCUT2D eigenvalue weighted by Gasteiger charge is -2.31. The smallest absolute Gasteiger partial charge is 0.288 e. The van der Waals surface area contributed by atoms with Gasteiger partial charge in [-0.1, -0.05) is 11.6 Å². The van der Waals surface area contributed by atoms with Gasteiger partial charge in [0.2, 0.25) is 0 Å². The zero-order chi connectivity index (χ0) is 14.0. The fourth-order valence-corrected chi connectivity index (χ4v) is 2.27. The SMILES string of the molecule is C[C@H]1CN(C(=O)c2ccc(Cl)c([N+](=O)[O-])c2)CCN1. The van der Waals surface area contributed by atoms with Crippen molar-refractivity contribution in [1.29, 1.82) is 0 Å². The second kappa shape index (κ2) is 5.54. The van der Waals surface area contributed by atoms with Crippen LogP contribution >= 0.6 is 11.6 Å². The quantitative estimate of drug-likeness (QED) is 0.662. The Hall–Kier alpha value is -1.66. The molecule has 0 saturated carbocycles. The zero-order valence-electron chi connectivity index (χ0n) is 10.4. The number of piperazine rings is 1. The Kier molecular flexibility index (Phi) is 4.01. The minimum Gasteiger partial charge on any atom is -0.336 e. The summed E-state index contributed by atoms with van der Waals surface area (Å²) in [6.45, 7) is 3.90. The molecule has 1 N–H and O–H groups in total. The number of nitro groups is 1. The van der Waals surface area contributed by atoms with Gasteiger partial charge in [-0.25, -0.2) is 0 Å². The molecule has 0 bridgehead atoms. The van der Waals surface area contributed by atoms with Crippen molar-refractivity contribution in [2.45, 2.75) is 13.0 Å². The van der Waals surface area contributed by atoms with Crippen molar-refractivity contribution in [1.82, 2.24) is 10.2 Å². The second-order valence-corrected chi connectivity index (χ2v) is 4.94. The second-order valence-electron chi connectivity index (χ2n) is 4.53. The highest BCUT2D eigenvalue weighted by molar-refractivity contribution is 6.32. The van der Waals surface area contributed by atoms with Crippen LogP contribution < -0.4 is 5.32 Å². The summed E-state index contributed by atoms with van der Waals surface area (Å²) in [5, 5.41) is 14.1. The summed E-state index contributed by atoms with van der Waals surface area (Å²) in [5.41, 5.74) is 0.0564. The van der Waals surface area contributed by atoms with Crippen LogP contribution in [0.1, 0.15) is 17.3 Å². The van der Waals surface area contributed by atoms with E-state index in [4.69, 9.17) is 11.6 Å². The number of nitrogens with zero attached hydrogens (tertiary/aromatic N) is 2. The fraction of sp³-hybridized carbons (Fsp3) is 0.417. The average Bonchev–Trinajstić information content (AvgIpc) is 2.38. The van der Waals surface area contributed by atoms with Gasteiger partial charge < -0.3 is 10.2 Å². The zero-order valence-corrected chi connectivity index (χ0v) is 11.2. The fourth-order valence-electron chi connectivity index (χ4n) is 2.08. The Morgan fingerprint density at radius 1 is 1.58 bits per heavy atom. The average molecular weight is 284 g/mol. The van der Waals surface area contributed by atoms with Crippen molar-refractivity contribution in [2.75, 3.05) is 19.6 Å². The van der Waals surface area contributed by atoms with E-state index in [0.29, 0.717) is 18.7 Å². The van der Waals surface area contributed by atoms with Gasteiger partial charge in [-0.3, -0.25) is 14.9 Å². The summed E-state index contributed by atoms with van der Waals surface area (Å²) in [5.74, 6) is -0.201. The molecule has 0 aliphatic carbocycles. The summed E-state index contributed by atoms with van der Waals surface area (Å²) in [6.07, 6.45) is 0. The lowest BCUT2D eigenvalue weighted by molar-refractivity contribution is -0.384. The van der Waals surface area contributed by atoms with Gasteiger partial charge in [-0.05, 0) is 19.1 Å². The number of nitro benzene ring substituents is 1. The highest BCUT2D eigenvalue weighted by Gasteiger charge is 2.23. The molecule has 1 fully saturated rings. The van der Waals surface area contributed by atoms with Gasteiger partial charge in [0.05, 0.1) is 4.92 Å². The van der Waals surface area contributed by atoms with Crippen molar-refractivity contribution in [3.63, 3.8) is 0 Å². The molecule has 19 heavy (non-hydrogen) atoms. The van der Waals surface area contributed by atoms with Crippen molar-refractivity contribution in [3.05, 3.63) is 38.9 Å². The van der Waals surface area contributed by atoms with Crippen LogP contribution in [0.25, 0.3) is 0 Å². The van der Waals surface area contributed by atoms with Crippen LogP contribution in [0.5, 0.6) is 0 Å². The lowest BCUT2D eigenvalue weighted by Crippen LogP contribution is -2.51. The Morgan fingerprint density at radius 3 is 2.95 bits per heavy atom. The highest BCUT2D eigenvalue weighted by Crippen LogP contribution is 2.25. The van der Waals surface area contributed by atoms with Crippen LogP contribution in [0.3, 0.4) is 0 Å². The van der Waals surface area contributed by atoms with E-state index in [0.717, 1.165) is 6.54 Å². The molecule has 1 aromatic rings. The van der Waals surface area contributed by atoms with Crippen LogP contribution in [0, 0.1) is 10.1 Å². The van der Waals surface area contributed by atoms with Crippen molar-refractivity contribution >= 4 is 23.2 Å². The lowest BCUT2D eigenvalue weighted by atomic mass is 10.1. The summed E-state index contributed by atoms with van der Waals surface area (Å²) >= 11 is 5.73. The van der Waals surface area contributed by atoms with Crippen LogP contribution in [-0.2, 0) is 0 Å². The molecule has 1 saturated heterocycles. The molecule has 0 radical (unpaired) electrons. The van der Waals surface area contributed by atoms with Gasteiger partial charge in [-0.2, -0.15) is 0 Å². The minimum absolute atomic E-state index is 0.0372. The monoisotopic (exact) mass is 283 g/mol. The maximum atomic E-state index is 12.3. The summed E-state index contributed by atoms with van der Waals surface area (Å²) < 4.78 is 0. The van der Waals surface area contributed by atoms with Crippen LogP contribution in [0.2, 0.25) is 5.02 Å². The topological polar surface area (TPSA) is 75.5 Å². The van der Waals surface area contributed by atoms with E-state index in [-0.39, 0.29) is 22.7 Å². The molecule has 6 nitrogen and oxygen atoms in total. The van der Waals surface area contributed by atoms with Crippen LogP contribution in [-0.4, -0.2) is 41.4 Å². The first-order chi connectivity index (χ1) is 8.99. The van der Waals surface area contributed by atoms with E-state index in [1.54, 1.807) is 4.90 Å². The number of hydrogen-bond acceptors (Lipinski definition) is 4. The molecule has 2 rings (SSSR count). The molecule has 7 heteroatoms. The summed E-state index contributed by atoms with van der Waals surface area (Å²) in [6, 6.07) is 4.36. The number of carbonyl (C=O) groups excluding carboxylic acids is 1. The first kappa shape index (κ1) is 13.8. The molecular formula is C12H14ClN3O3. The van der Waals surface area contributed by atoms with Gasteiger partial charge >= 0.3 is 0 Å². The van der Waals surface area contributed by atoms with Gasteiger partial charge in [0.25, 0.3) is 11.6 Å². The third kappa shape index (κ3) is 3.02. The Morgan fingerprint density at radius 2 is 2.32 bits per heavy atom. The molecule has 0 aromatic heterocycles. The third-order valence-corrected chi connectivity index (χ3v) is 3.37. The maximum Gasteiger partial charge on any atom is 0.288 e. The molecule has 1 amide bonds. The number of benzene rings is 1. The summed E-state index contributed by atoms with van der Waals surface area (Å²) in [7, 11) is 0. The predicted octanol–water partition coefficient (Wildman–Crippen LogP) is 1.68. The van der Waals surface area contributed by atoms with Crippen LogP contribution in [0.4, 0.5) is 5.69 Å². The van der Waals surface area contributed by atoms with Crippen molar-refractivity contribution in [2.24, 2.45) is 0 Å². The Balaban J connectivity index is 2.24. The number of amides is 1. The summed E-state index contributed by atoms with van der Waals surface area (Å²) in [4.78, 5) is 24.2. The Bertz CT molecular complexity index is 521. The molecule has 1 aliphatic rings. The van der Waals surface area contributed by atoms with Crippen molar-refractivity contribution in [3.8, 4) is 0 Å². The van der Waals surface area contributed by atoms with Crippen molar-refractivity contribution < 1.29 is 9.72 Å². The predicted molar refractivity (Wildman–Crippen MR) is 71.5 cm³/mol. The number of rotatable bonds is 2. The largest absolute Gasteiger partial charge is 0.336 e. The maximum absolute atomic E-state index is 12.3. The van der Waals surface area contributed by atoms with E-state index in [1.165, 1.54) is 18.2 Å². The Labute approximate surface area is 115 Å². The molecule has 0 spiro atoms. The van der Waals surface area contributed by atoms with E-state index < -0.39 is 4.92 Å². The van der Waals surface area contributed by atoms with E-state index in [9.17, 15) is 14.9 Å². The molecular weight excluding hydrogens is 270 g/mol. The van der Waals surface area contributed by atoms with Gasteiger partial charge in [0.1, 0.15) is 5.02 Å². The van der Waals surface area contributed by atoms with Gasteiger partial charge in [-0.15, -0.1) is 0 Å². The first-order valence-electron chi connectivity index (χ1n) is 5.95. The normalized spacial score (nSPS) is 19.3. The number of hydrogen-bond donors (Lipinski definition) is 1. The molecule has 1 aliphatic heterocycles. The third-order valence-electron chi connectivity index (χ3n) is 3.05.